The van der Waals surface area contributed by atoms with Crippen LogP contribution >= 0.6 is 11.6 Å². The van der Waals surface area contributed by atoms with Gasteiger partial charge in [0.1, 0.15) is 6.04 Å². The van der Waals surface area contributed by atoms with Gasteiger partial charge in [0.05, 0.1) is 28.8 Å². The number of nitrogens with zero attached hydrogens (tertiary/aromatic N) is 3. The summed E-state index contributed by atoms with van der Waals surface area (Å²) < 4.78 is 20.7. The Morgan fingerprint density at radius 2 is 2.00 bits per heavy atom. The van der Waals surface area contributed by atoms with Crippen LogP contribution in [0.2, 0.25) is 5.02 Å². The Labute approximate surface area is 241 Å². The molecular formula is C30H29ClFN5O4. The molecule has 2 aromatic carbocycles. The van der Waals surface area contributed by atoms with Gasteiger partial charge in [-0.3, -0.25) is 14.4 Å². The lowest BCUT2D eigenvalue weighted by Crippen LogP contribution is -2.50. The number of aromatic nitrogens is 2. The number of amides is 2. The van der Waals surface area contributed by atoms with E-state index in [9.17, 15) is 19.6 Å². The number of ether oxygens (including phenoxy) is 1. The van der Waals surface area contributed by atoms with Crippen LogP contribution in [0.4, 0.5) is 4.39 Å². The number of fused-ring (bicyclic) bond motifs is 1. The lowest BCUT2D eigenvalue weighted by atomic mass is 9.83. The molecular weight excluding hydrogens is 549 g/mol. The first kappa shape index (κ1) is 28.3. The monoisotopic (exact) mass is 577 g/mol. The maximum absolute atomic E-state index is 15.2. The summed E-state index contributed by atoms with van der Waals surface area (Å²) in [7, 11) is 0. The smallest absolute Gasteiger partial charge is 0.307 e. The van der Waals surface area contributed by atoms with E-state index in [1.807, 2.05) is 18.2 Å². The van der Waals surface area contributed by atoms with Crippen LogP contribution in [-0.4, -0.2) is 39.0 Å². The minimum atomic E-state index is -0.909. The lowest BCUT2D eigenvalue weighted by Gasteiger charge is -2.39. The summed E-state index contributed by atoms with van der Waals surface area (Å²) in [6, 6.07) is 12.2. The number of halogens is 2. The number of aromatic amines is 1. The number of carbonyl (C=O) groups is 2. The van der Waals surface area contributed by atoms with Gasteiger partial charge in [0, 0.05) is 23.1 Å². The van der Waals surface area contributed by atoms with Gasteiger partial charge in [-0.1, -0.05) is 29.8 Å². The van der Waals surface area contributed by atoms with E-state index in [4.69, 9.17) is 16.3 Å². The third kappa shape index (κ3) is 4.84. The zero-order chi connectivity index (χ0) is 29.7. The molecule has 11 heteroatoms. The quantitative estimate of drug-likeness (QED) is 0.428. The van der Waals surface area contributed by atoms with Crippen molar-refractivity contribution >= 4 is 23.4 Å². The van der Waals surface area contributed by atoms with Crippen LogP contribution in [0.1, 0.15) is 60.3 Å². The average molecular weight is 578 g/mol. The zero-order valence-electron chi connectivity index (χ0n) is 23.0. The molecule has 5 rings (SSSR count). The maximum Gasteiger partial charge on any atom is 0.307 e. The number of H-pyrrole nitrogens is 1. The van der Waals surface area contributed by atoms with Crippen molar-refractivity contribution in [3.63, 3.8) is 0 Å². The highest BCUT2D eigenvalue weighted by atomic mass is 35.5. The summed E-state index contributed by atoms with van der Waals surface area (Å²) in [6.45, 7) is 6.80. The highest BCUT2D eigenvalue weighted by molar-refractivity contribution is 6.31. The minimum Gasteiger partial charge on any atom is -0.448 e. The number of nitriles is 1. The van der Waals surface area contributed by atoms with Crippen LogP contribution in [0.3, 0.4) is 0 Å². The normalized spacial score (nSPS) is 21.9. The molecule has 212 valence electrons. The van der Waals surface area contributed by atoms with Crippen LogP contribution < -0.4 is 15.6 Å². The Kier molecular flexibility index (Phi) is 7.12. The molecule has 0 radical (unpaired) electrons. The molecule has 0 unspecified atom stereocenters. The van der Waals surface area contributed by atoms with Gasteiger partial charge in [-0.2, -0.15) is 10.4 Å². The van der Waals surface area contributed by atoms with E-state index in [2.05, 4.69) is 21.6 Å². The molecule has 0 bridgehead atoms. The fourth-order valence-corrected chi connectivity index (χ4v) is 6.38. The van der Waals surface area contributed by atoms with Crippen molar-refractivity contribution in [3.05, 3.63) is 86.0 Å². The topological polar surface area (TPSA) is 128 Å². The molecule has 9 nitrogen and oxygen atoms in total. The third-order valence-electron chi connectivity index (χ3n) is 8.08. The number of rotatable bonds is 6. The van der Waals surface area contributed by atoms with Gasteiger partial charge in [-0.25, -0.2) is 9.49 Å². The van der Waals surface area contributed by atoms with Crippen molar-refractivity contribution in [2.75, 3.05) is 0 Å². The summed E-state index contributed by atoms with van der Waals surface area (Å²) in [6.07, 6.45) is 1.45. The van der Waals surface area contributed by atoms with Gasteiger partial charge < -0.3 is 15.0 Å². The Hall–Kier alpha value is -4.23. The van der Waals surface area contributed by atoms with E-state index in [0.717, 1.165) is 11.6 Å². The molecule has 2 aliphatic rings. The van der Waals surface area contributed by atoms with Gasteiger partial charge in [0.15, 0.2) is 17.3 Å². The second-order valence-corrected chi connectivity index (χ2v) is 11.7. The number of benzene rings is 2. The molecule has 1 aromatic heterocycles. The SMILES string of the molecule is Cc1cc(Oc2c(C)cc(C(=O)N[C@H]3C[C@@]4(c5ccccc5Cl)CC[C@H](C(C)(C)C#N)N4C3=O)cc2F)c(=O)[nH]n1. The summed E-state index contributed by atoms with van der Waals surface area (Å²) in [5, 5.41) is 19.2. The first-order valence-electron chi connectivity index (χ1n) is 13.2. The molecule has 3 aromatic rings. The van der Waals surface area contributed by atoms with Gasteiger partial charge in [0.25, 0.3) is 5.91 Å². The minimum absolute atomic E-state index is 0.00674. The van der Waals surface area contributed by atoms with Gasteiger partial charge in [0.2, 0.25) is 5.91 Å². The van der Waals surface area contributed by atoms with Crippen LogP contribution in [0.15, 0.2) is 47.3 Å². The van der Waals surface area contributed by atoms with Crippen molar-refractivity contribution in [3.8, 4) is 17.6 Å². The highest BCUT2D eigenvalue weighted by Gasteiger charge is 2.61. The number of nitrogens with one attached hydrogen (secondary N) is 2. The molecule has 2 amide bonds. The Morgan fingerprint density at radius 3 is 2.68 bits per heavy atom. The lowest BCUT2D eigenvalue weighted by molar-refractivity contribution is -0.135. The summed E-state index contributed by atoms with van der Waals surface area (Å²) >= 11 is 6.62. The second kappa shape index (κ2) is 10.3. The van der Waals surface area contributed by atoms with Crippen LogP contribution in [-0.2, 0) is 10.3 Å². The maximum atomic E-state index is 15.2. The van der Waals surface area contributed by atoms with E-state index < -0.39 is 34.3 Å². The van der Waals surface area contributed by atoms with Crippen LogP contribution in [0, 0.1) is 36.4 Å². The molecule has 2 N–H and O–H groups in total. The van der Waals surface area contributed by atoms with E-state index in [1.54, 1.807) is 38.7 Å². The molecule has 3 atom stereocenters. The van der Waals surface area contributed by atoms with Gasteiger partial charge in [-0.05, 0) is 69.9 Å². The number of hydrogen-bond acceptors (Lipinski definition) is 6. The van der Waals surface area contributed by atoms with Crippen LogP contribution in [0.5, 0.6) is 11.5 Å². The first-order chi connectivity index (χ1) is 19.4. The number of carbonyl (C=O) groups excluding carboxylic acids is 2. The zero-order valence-corrected chi connectivity index (χ0v) is 23.8. The van der Waals surface area contributed by atoms with E-state index >= 15 is 4.39 Å². The van der Waals surface area contributed by atoms with E-state index in [0.29, 0.717) is 23.6 Å². The fraction of sp³-hybridized carbons (Fsp3) is 0.367. The Balaban J connectivity index is 1.44. The van der Waals surface area contributed by atoms with Gasteiger partial charge in [-0.15, -0.1) is 0 Å². The number of aryl methyl sites for hydroxylation is 2. The van der Waals surface area contributed by atoms with Crippen molar-refractivity contribution < 1.29 is 18.7 Å². The molecule has 0 spiro atoms. The highest BCUT2D eigenvalue weighted by Crippen LogP contribution is 2.55. The molecule has 0 aliphatic carbocycles. The van der Waals surface area contributed by atoms with E-state index in [-0.39, 0.29) is 41.0 Å². The molecule has 3 heterocycles. The van der Waals surface area contributed by atoms with Crippen molar-refractivity contribution in [1.82, 2.24) is 20.4 Å². The first-order valence-corrected chi connectivity index (χ1v) is 13.6. The molecule has 2 saturated heterocycles. The van der Waals surface area contributed by atoms with E-state index in [1.165, 1.54) is 12.1 Å². The molecule has 0 saturated carbocycles. The number of hydrogen-bond donors (Lipinski definition) is 2. The Morgan fingerprint density at radius 1 is 1.27 bits per heavy atom. The third-order valence-corrected chi connectivity index (χ3v) is 8.41. The second-order valence-electron chi connectivity index (χ2n) is 11.2. The van der Waals surface area contributed by atoms with Gasteiger partial charge >= 0.3 is 5.56 Å². The van der Waals surface area contributed by atoms with Crippen LogP contribution in [0.25, 0.3) is 0 Å². The summed E-state index contributed by atoms with van der Waals surface area (Å²) in [4.78, 5) is 41.0. The molecule has 2 aliphatic heterocycles. The molecule has 2 fully saturated rings. The summed E-state index contributed by atoms with van der Waals surface area (Å²) in [5.74, 6) is -2.12. The van der Waals surface area contributed by atoms with Crippen molar-refractivity contribution in [2.24, 2.45) is 5.41 Å². The Bertz CT molecular complexity index is 1640. The average Bonchev–Trinajstić information content (AvgIpc) is 3.44. The van der Waals surface area contributed by atoms with Crippen molar-refractivity contribution in [1.29, 1.82) is 5.26 Å². The predicted molar refractivity (Wildman–Crippen MR) is 149 cm³/mol. The largest absolute Gasteiger partial charge is 0.448 e. The molecule has 41 heavy (non-hydrogen) atoms. The predicted octanol–water partition coefficient (Wildman–Crippen LogP) is 4.91. The summed E-state index contributed by atoms with van der Waals surface area (Å²) in [5.41, 5.74) is -0.720. The standard InChI is InChI=1S/C30H29ClFN5O4/c1-16-11-18(13-21(32)25(16)41-23-12-17(2)35-36-27(23)39)26(38)34-22-14-30(19-7-5-6-8-20(19)31)10-9-24(29(3,4)15-33)37(30)28(22)40/h5-8,11-13,22,24H,9-10,14H2,1-4H3,(H,34,38)(H,36,39)/t22-,24+,30+/m0/s1. The fourth-order valence-electron chi connectivity index (χ4n) is 6.07. The van der Waals surface area contributed by atoms with Crippen molar-refractivity contribution in [2.45, 2.75) is 64.6 Å².